The predicted molar refractivity (Wildman–Crippen MR) is 46.9 cm³/mol. The Kier molecular flexibility index (Phi) is 4.62. The van der Waals surface area contributed by atoms with Crippen LogP contribution in [0.2, 0.25) is 0 Å². The van der Waals surface area contributed by atoms with Crippen molar-refractivity contribution < 1.29 is 19.4 Å². The van der Waals surface area contributed by atoms with E-state index >= 15 is 0 Å². The van der Waals surface area contributed by atoms with Gasteiger partial charge in [-0.15, -0.1) is 0 Å². The van der Waals surface area contributed by atoms with Gasteiger partial charge in [-0.3, -0.25) is 4.79 Å². The molecule has 0 rings (SSSR count). The highest BCUT2D eigenvalue weighted by molar-refractivity contribution is 5.89. The lowest BCUT2D eigenvalue weighted by Gasteiger charge is -2.19. The number of esters is 2. The first-order valence-corrected chi connectivity index (χ1v) is 4.41. The van der Waals surface area contributed by atoms with E-state index in [0.717, 1.165) is 0 Å². The van der Waals surface area contributed by atoms with Gasteiger partial charge in [-0.1, -0.05) is 20.3 Å². The molecule has 0 aromatic heterocycles. The minimum Gasteiger partial charge on any atom is -0.391 e. The third kappa shape index (κ3) is 4.03. The van der Waals surface area contributed by atoms with Crippen LogP contribution in [0.15, 0.2) is 0 Å². The van der Waals surface area contributed by atoms with Crippen LogP contribution in [0, 0.1) is 0 Å². The summed E-state index contributed by atoms with van der Waals surface area (Å²) in [5.41, 5.74) is -1.54. The summed E-state index contributed by atoms with van der Waals surface area (Å²) in [6.45, 7) is 4.77. The first kappa shape index (κ1) is 12.1. The summed E-state index contributed by atoms with van der Waals surface area (Å²) in [5, 5.41) is 9.50. The van der Waals surface area contributed by atoms with Crippen molar-refractivity contribution in [2.24, 2.45) is 0 Å². The van der Waals surface area contributed by atoms with E-state index in [9.17, 15) is 14.7 Å². The van der Waals surface area contributed by atoms with Gasteiger partial charge < -0.3 is 9.84 Å². The van der Waals surface area contributed by atoms with Gasteiger partial charge in [0.15, 0.2) is 5.60 Å². The van der Waals surface area contributed by atoms with Gasteiger partial charge in [-0.2, -0.15) is 0 Å². The second-order valence-corrected chi connectivity index (χ2v) is 3.14. The molecule has 1 atom stereocenters. The maximum absolute atomic E-state index is 11.1. The lowest BCUT2D eigenvalue weighted by atomic mass is 10.0. The highest BCUT2D eigenvalue weighted by Gasteiger charge is 2.32. The second-order valence-electron chi connectivity index (χ2n) is 3.14. The van der Waals surface area contributed by atoms with Crippen LogP contribution in [-0.2, 0) is 14.3 Å². The summed E-state index contributed by atoms with van der Waals surface area (Å²) in [6.07, 6.45) is 1.08. The van der Waals surface area contributed by atoms with Crippen molar-refractivity contribution >= 4 is 11.9 Å². The molecule has 0 bridgehead atoms. The quantitative estimate of drug-likeness (QED) is 0.528. The molecule has 4 nitrogen and oxygen atoms in total. The highest BCUT2D eigenvalue weighted by atomic mass is 16.6. The molecule has 1 N–H and O–H groups in total. The van der Waals surface area contributed by atoms with Gasteiger partial charge in [-0.05, 0) is 13.3 Å². The fourth-order valence-corrected chi connectivity index (χ4v) is 0.874. The van der Waals surface area contributed by atoms with E-state index in [2.05, 4.69) is 4.74 Å². The van der Waals surface area contributed by atoms with Crippen LogP contribution < -0.4 is 0 Å². The summed E-state index contributed by atoms with van der Waals surface area (Å²) in [4.78, 5) is 21.8. The maximum Gasteiger partial charge on any atom is 0.345 e. The van der Waals surface area contributed by atoms with Crippen molar-refractivity contribution in [2.75, 3.05) is 0 Å². The maximum atomic E-state index is 11.1. The predicted octanol–water partition coefficient (Wildman–Crippen LogP) is 1.02. The van der Waals surface area contributed by atoms with E-state index in [-0.39, 0.29) is 6.42 Å². The number of carbonyl (C=O) groups is 2. The Hall–Kier alpha value is -0.900. The average molecular weight is 188 g/mol. The fraction of sp³-hybridized carbons (Fsp3) is 0.778. The molecule has 0 aromatic carbocycles. The summed E-state index contributed by atoms with van der Waals surface area (Å²) in [6, 6.07) is 0. The first-order chi connectivity index (χ1) is 5.94. The van der Waals surface area contributed by atoms with E-state index in [1.165, 1.54) is 6.92 Å². The summed E-state index contributed by atoms with van der Waals surface area (Å²) in [7, 11) is 0. The molecule has 1 unspecified atom stereocenters. The molecule has 4 heteroatoms. The minimum atomic E-state index is -1.54. The lowest BCUT2D eigenvalue weighted by Crippen LogP contribution is -2.37. The van der Waals surface area contributed by atoms with Crippen molar-refractivity contribution in [1.29, 1.82) is 0 Å². The molecule has 0 saturated carbocycles. The van der Waals surface area contributed by atoms with Crippen molar-refractivity contribution in [1.82, 2.24) is 0 Å². The van der Waals surface area contributed by atoms with Crippen LogP contribution in [0.25, 0.3) is 0 Å². The zero-order valence-corrected chi connectivity index (χ0v) is 8.29. The van der Waals surface area contributed by atoms with Gasteiger partial charge in [0.05, 0.1) is 0 Å². The molecule has 0 aliphatic carbocycles. The smallest absolute Gasteiger partial charge is 0.345 e. The molecule has 0 aliphatic rings. The number of rotatable bonds is 4. The van der Waals surface area contributed by atoms with Gasteiger partial charge in [0.2, 0.25) is 0 Å². The third-order valence-electron chi connectivity index (χ3n) is 1.67. The van der Waals surface area contributed by atoms with Crippen LogP contribution in [0.3, 0.4) is 0 Å². The topological polar surface area (TPSA) is 63.6 Å². The zero-order chi connectivity index (χ0) is 10.5. The van der Waals surface area contributed by atoms with E-state index < -0.39 is 17.5 Å². The molecule has 0 heterocycles. The SMILES string of the molecule is CCCC(C)(O)C(=O)OC(=O)CC. The second kappa shape index (κ2) is 4.97. The standard InChI is InChI=1S/C9H16O4/c1-4-6-9(3,12)8(11)13-7(10)5-2/h12H,4-6H2,1-3H3. The average Bonchev–Trinajstić information content (AvgIpc) is 2.04. The van der Waals surface area contributed by atoms with Gasteiger partial charge in [0.1, 0.15) is 0 Å². The summed E-state index contributed by atoms with van der Waals surface area (Å²) in [5.74, 6) is -1.47. The molecule has 0 fully saturated rings. The Morgan fingerprint density at radius 1 is 1.38 bits per heavy atom. The third-order valence-corrected chi connectivity index (χ3v) is 1.67. The molecular formula is C9H16O4. The van der Waals surface area contributed by atoms with Crippen molar-refractivity contribution in [3.63, 3.8) is 0 Å². The van der Waals surface area contributed by atoms with Crippen LogP contribution in [0.5, 0.6) is 0 Å². The van der Waals surface area contributed by atoms with Gasteiger partial charge >= 0.3 is 11.9 Å². The van der Waals surface area contributed by atoms with Gasteiger partial charge in [0.25, 0.3) is 0 Å². The van der Waals surface area contributed by atoms with E-state index in [4.69, 9.17) is 0 Å². The molecule has 0 aliphatic heterocycles. The molecule has 0 saturated heterocycles. The normalized spacial score (nSPS) is 14.8. The number of aliphatic hydroxyl groups is 1. The van der Waals surface area contributed by atoms with E-state index in [1.807, 2.05) is 6.92 Å². The number of ether oxygens (including phenoxy) is 1. The van der Waals surface area contributed by atoms with Gasteiger partial charge in [-0.25, -0.2) is 4.79 Å². The Morgan fingerprint density at radius 2 is 1.92 bits per heavy atom. The zero-order valence-electron chi connectivity index (χ0n) is 8.29. The van der Waals surface area contributed by atoms with Crippen LogP contribution in [0.1, 0.15) is 40.0 Å². The molecule has 13 heavy (non-hydrogen) atoms. The number of carbonyl (C=O) groups excluding carboxylic acids is 2. The number of hydrogen-bond acceptors (Lipinski definition) is 4. The molecular weight excluding hydrogens is 172 g/mol. The Morgan fingerprint density at radius 3 is 2.31 bits per heavy atom. The monoisotopic (exact) mass is 188 g/mol. The van der Waals surface area contributed by atoms with E-state index in [0.29, 0.717) is 12.8 Å². The molecule has 0 radical (unpaired) electrons. The fourth-order valence-electron chi connectivity index (χ4n) is 0.874. The van der Waals surface area contributed by atoms with Crippen molar-refractivity contribution in [3.8, 4) is 0 Å². The Balaban J connectivity index is 4.16. The summed E-state index contributed by atoms with van der Waals surface area (Å²) < 4.78 is 4.39. The Labute approximate surface area is 77.9 Å². The number of hydrogen-bond donors (Lipinski definition) is 1. The van der Waals surface area contributed by atoms with E-state index in [1.54, 1.807) is 6.92 Å². The van der Waals surface area contributed by atoms with Gasteiger partial charge in [0, 0.05) is 6.42 Å². The summed E-state index contributed by atoms with van der Waals surface area (Å²) >= 11 is 0. The Bertz CT molecular complexity index is 196. The molecule has 0 amide bonds. The largest absolute Gasteiger partial charge is 0.391 e. The minimum absolute atomic E-state index is 0.133. The highest BCUT2D eigenvalue weighted by Crippen LogP contribution is 2.13. The van der Waals surface area contributed by atoms with Crippen molar-refractivity contribution in [2.45, 2.75) is 45.6 Å². The molecule has 0 spiro atoms. The van der Waals surface area contributed by atoms with Crippen molar-refractivity contribution in [3.05, 3.63) is 0 Å². The first-order valence-electron chi connectivity index (χ1n) is 4.41. The van der Waals surface area contributed by atoms with Crippen LogP contribution in [-0.4, -0.2) is 22.6 Å². The van der Waals surface area contributed by atoms with Crippen LogP contribution >= 0.6 is 0 Å². The lowest BCUT2D eigenvalue weighted by molar-refractivity contribution is -0.173. The molecule has 76 valence electrons. The van der Waals surface area contributed by atoms with Crippen LogP contribution in [0.4, 0.5) is 0 Å². The molecule has 0 aromatic rings.